The highest BCUT2D eigenvalue weighted by atomic mass is 35.5. The minimum Gasteiger partial charge on any atom is -0.494 e. The Labute approximate surface area is 174 Å². The van der Waals surface area contributed by atoms with Crippen molar-refractivity contribution in [2.45, 2.75) is 70.3 Å². The number of carboxylic acid groups (broad SMARTS) is 1. The second-order valence-electron chi connectivity index (χ2n) is 7.93. The van der Waals surface area contributed by atoms with Gasteiger partial charge in [-0.05, 0) is 57.0 Å². The molecule has 0 radical (unpaired) electrons. The summed E-state index contributed by atoms with van der Waals surface area (Å²) in [7, 11) is 0. The number of halogens is 1. The van der Waals surface area contributed by atoms with E-state index in [4.69, 9.17) is 9.47 Å². The molecule has 2 heterocycles. The standard InChI is InChI=1S/C22H33NO4.ClH/c1-3-5-6-7-14-26-17-8-9-20-18(15-17)22(16-27-20)10-12-23(13-11-22)19(4-2)21(24)25;/h8-9,15,19H,3-7,10-14,16H2,1-2H3,(H,24,25);1H. The lowest BCUT2D eigenvalue weighted by molar-refractivity contribution is -0.144. The number of hydrogen-bond acceptors (Lipinski definition) is 4. The largest absolute Gasteiger partial charge is 0.494 e. The number of nitrogens with zero attached hydrogens (tertiary/aromatic N) is 1. The number of piperidine rings is 1. The van der Waals surface area contributed by atoms with Crippen LogP contribution >= 0.6 is 12.4 Å². The summed E-state index contributed by atoms with van der Waals surface area (Å²) in [5.41, 5.74) is 1.25. The Bertz CT molecular complexity index is 643. The van der Waals surface area contributed by atoms with E-state index in [0.717, 1.165) is 50.5 Å². The fourth-order valence-corrected chi connectivity index (χ4v) is 4.42. The predicted molar refractivity (Wildman–Crippen MR) is 113 cm³/mol. The number of hydrogen-bond donors (Lipinski definition) is 1. The molecule has 6 heteroatoms. The molecule has 0 aromatic heterocycles. The number of likely N-dealkylation sites (tertiary alicyclic amines) is 1. The van der Waals surface area contributed by atoms with E-state index in [1.807, 2.05) is 19.1 Å². The number of benzene rings is 1. The lowest BCUT2D eigenvalue weighted by atomic mass is 9.74. The highest BCUT2D eigenvalue weighted by Gasteiger charge is 2.44. The number of unbranched alkanes of at least 4 members (excludes halogenated alkanes) is 3. The second kappa shape index (κ2) is 10.4. The van der Waals surface area contributed by atoms with Gasteiger partial charge in [0.05, 0.1) is 13.2 Å². The molecule has 158 valence electrons. The van der Waals surface area contributed by atoms with Crippen LogP contribution in [-0.4, -0.2) is 48.3 Å². The monoisotopic (exact) mass is 411 g/mol. The number of aliphatic carboxylic acids is 1. The predicted octanol–water partition coefficient (Wildman–Crippen LogP) is 4.66. The molecular weight excluding hydrogens is 378 g/mol. The minimum absolute atomic E-state index is 0. The van der Waals surface area contributed by atoms with Gasteiger partial charge in [0.15, 0.2) is 0 Å². The van der Waals surface area contributed by atoms with E-state index in [9.17, 15) is 9.90 Å². The summed E-state index contributed by atoms with van der Waals surface area (Å²) in [6, 6.07) is 5.82. The van der Waals surface area contributed by atoms with Crippen molar-refractivity contribution in [2.75, 3.05) is 26.3 Å². The molecule has 2 aliphatic rings. The number of ether oxygens (including phenoxy) is 2. The van der Waals surface area contributed by atoms with Crippen LogP contribution in [0.25, 0.3) is 0 Å². The van der Waals surface area contributed by atoms with Gasteiger partial charge in [-0.15, -0.1) is 12.4 Å². The molecule has 1 aromatic carbocycles. The molecule has 1 fully saturated rings. The van der Waals surface area contributed by atoms with Gasteiger partial charge >= 0.3 is 5.97 Å². The first-order chi connectivity index (χ1) is 13.1. The molecule has 2 aliphatic heterocycles. The molecule has 1 atom stereocenters. The van der Waals surface area contributed by atoms with Crippen molar-refractivity contribution in [1.82, 2.24) is 4.90 Å². The van der Waals surface area contributed by atoms with Crippen molar-refractivity contribution in [3.63, 3.8) is 0 Å². The molecular formula is C22H34ClNO4. The number of carbonyl (C=O) groups is 1. The van der Waals surface area contributed by atoms with Gasteiger partial charge in [-0.1, -0.05) is 33.1 Å². The van der Waals surface area contributed by atoms with Crippen molar-refractivity contribution in [2.24, 2.45) is 0 Å². The Hall–Kier alpha value is -1.46. The zero-order valence-electron chi connectivity index (χ0n) is 17.1. The van der Waals surface area contributed by atoms with Crippen LogP contribution in [0.15, 0.2) is 18.2 Å². The Balaban J connectivity index is 0.00000280. The molecule has 1 unspecified atom stereocenters. The Kier molecular flexibility index (Phi) is 8.44. The maximum atomic E-state index is 11.5. The van der Waals surface area contributed by atoms with Gasteiger partial charge in [0.25, 0.3) is 0 Å². The topological polar surface area (TPSA) is 59.0 Å². The van der Waals surface area contributed by atoms with Gasteiger partial charge < -0.3 is 14.6 Å². The van der Waals surface area contributed by atoms with E-state index in [1.165, 1.54) is 24.8 Å². The van der Waals surface area contributed by atoms with E-state index >= 15 is 0 Å². The van der Waals surface area contributed by atoms with Crippen LogP contribution in [0.1, 0.15) is 64.4 Å². The summed E-state index contributed by atoms with van der Waals surface area (Å²) in [4.78, 5) is 13.6. The van der Waals surface area contributed by atoms with Crippen molar-refractivity contribution < 1.29 is 19.4 Å². The van der Waals surface area contributed by atoms with Gasteiger partial charge in [0.1, 0.15) is 17.5 Å². The van der Waals surface area contributed by atoms with E-state index in [1.54, 1.807) is 0 Å². The summed E-state index contributed by atoms with van der Waals surface area (Å²) in [5, 5.41) is 9.43. The third kappa shape index (κ3) is 4.93. The molecule has 1 spiro atoms. The first-order valence-corrected chi connectivity index (χ1v) is 10.5. The lowest BCUT2D eigenvalue weighted by Gasteiger charge is -2.40. The van der Waals surface area contributed by atoms with E-state index < -0.39 is 5.97 Å². The van der Waals surface area contributed by atoms with Gasteiger partial charge in [-0.25, -0.2) is 0 Å². The molecule has 1 N–H and O–H groups in total. The molecule has 1 saturated heterocycles. The maximum Gasteiger partial charge on any atom is 0.320 e. The lowest BCUT2D eigenvalue weighted by Crippen LogP contribution is -2.50. The molecule has 0 bridgehead atoms. The number of fused-ring (bicyclic) bond motifs is 2. The van der Waals surface area contributed by atoms with Gasteiger partial charge in [0.2, 0.25) is 0 Å². The highest BCUT2D eigenvalue weighted by Crippen LogP contribution is 2.47. The third-order valence-corrected chi connectivity index (χ3v) is 6.16. The fraction of sp³-hybridized carbons (Fsp3) is 0.682. The number of rotatable bonds is 9. The Morgan fingerprint density at radius 2 is 2.00 bits per heavy atom. The molecule has 0 amide bonds. The van der Waals surface area contributed by atoms with Gasteiger partial charge in [0, 0.05) is 11.0 Å². The Morgan fingerprint density at radius 3 is 2.64 bits per heavy atom. The smallest absolute Gasteiger partial charge is 0.320 e. The molecule has 3 rings (SSSR count). The Morgan fingerprint density at radius 1 is 1.25 bits per heavy atom. The van der Waals surface area contributed by atoms with Crippen LogP contribution < -0.4 is 9.47 Å². The van der Waals surface area contributed by atoms with Crippen molar-refractivity contribution in [3.8, 4) is 11.5 Å². The van der Waals surface area contributed by atoms with Crippen LogP contribution in [0.4, 0.5) is 0 Å². The van der Waals surface area contributed by atoms with Gasteiger partial charge in [-0.2, -0.15) is 0 Å². The fourth-order valence-electron chi connectivity index (χ4n) is 4.42. The average Bonchev–Trinajstić information content (AvgIpc) is 3.01. The first-order valence-electron chi connectivity index (χ1n) is 10.5. The second-order valence-corrected chi connectivity index (χ2v) is 7.93. The van der Waals surface area contributed by atoms with Crippen molar-refractivity contribution in [3.05, 3.63) is 23.8 Å². The highest BCUT2D eigenvalue weighted by molar-refractivity contribution is 5.85. The van der Waals surface area contributed by atoms with Crippen LogP contribution in [0, 0.1) is 0 Å². The first kappa shape index (κ1) is 22.8. The third-order valence-electron chi connectivity index (χ3n) is 6.16. The quantitative estimate of drug-likeness (QED) is 0.599. The number of carboxylic acids is 1. The van der Waals surface area contributed by atoms with Crippen LogP contribution in [0.5, 0.6) is 11.5 Å². The van der Waals surface area contributed by atoms with Crippen molar-refractivity contribution >= 4 is 18.4 Å². The normalized spacial score (nSPS) is 18.8. The minimum atomic E-state index is -0.713. The van der Waals surface area contributed by atoms with Gasteiger partial charge in [-0.3, -0.25) is 9.69 Å². The van der Waals surface area contributed by atoms with Crippen LogP contribution in [0.2, 0.25) is 0 Å². The van der Waals surface area contributed by atoms with E-state index in [0.29, 0.717) is 13.0 Å². The van der Waals surface area contributed by atoms with Crippen LogP contribution in [0.3, 0.4) is 0 Å². The zero-order chi connectivity index (χ0) is 19.3. The molecule has 1 aromatic rings. The summed E-state index contributed by atoms with van der Waals surface area (Å²) in [5.74, 6) is 1.18. The summed E-state index contributed by atoms with van der Waals surface area (Å²) >= 11 is 0. The average molecular weight is 412 g/mol. The molecule has 0 saturated carbocycles. The molecule has 5 nitrogen and oxygen atoms in total. The summed E-state index contributed by atoms with van der Waals surface area (Å²) in [6.07, 6.45) is 7.31. The van der Waals surface area contributed by atoms with Crippen molar-refractivity contribution in [1.29, 1.82) is 0 Å². The SMILES string of the molecule is CCCCCCOc1ccc2c(c1)C1(CCN(C(CC)C(=O)O)CC1)CO2.Cl. The molecule has 28 heavy (non-hydrogen) atoms. The summed E-state index contributed by atoms with van der Waals surface area (Å²) in [6.45, 7) is 7.22. The summed E-state index contributed by atoms with van der Waals surface area (Å²) < 4.78 is 12.0. The zero-order valence-corrected chi connectivity index (χ0v) is 17.9. The molecule has 0 aliphatic carbocycles. The van der Waals surface area contributed by atoms with E-state index in [-0.39, 0.29) is 23.9 Å². The maximum absolute atomic E-state index is 11.5. The van der Waals surface area contributed by atoms with Crippen LogP contribution in [-0.2, 0) is 10.2 Å². The van der Waals surface area contributed by atoms with E-state index in [2.05, 4.69) is 17.9 Å².